The maximum atomic E-state index is 13.2. The number of nitrogens with one attached hydrogen (secondary N) is 4. The molecule has 0 radical (unpaired) electrons. The summed E-state index contributed by atoms with van der Waals surface area (Å²) in [4.78, 5) is 54.7. The summed E-state index contributed by atoms with van der Waals surface area (Å²) in [5, 5.41) is 31.1. The molecule has 2 aromatic rings. The van der Waals surface area contributed by atoms with Crippen molar-refractivity contribution in [3.8, 4) is 17.2 Å². The lowest BCUT2D eigenvalue weighted by molar-refractivity contribution is -0.133. The molecule has 12 nitrogen and oxygen atoms in total. The van der Waals surface area contributed by atoms with Gasteiger partial charge in [-0.25, -0.2) is 0 Å². The molecule has 2 aromatic carbocycles. The smallest absolute Gasteiger partial charge is 0.255 e. The molecule has 4 amide bonds. The molecule has 1 saturated heterocycles. The Morgan fingerprint density at radius 3 is 2.38 bits per heavy atom. The van der Waals surface area contributed by atoms with E-state index in [9.17, 15) is 29.4 Å². The summed E-state index contributed by atoms with van der Waals surface area (Å²) >= 11 is 0. The van der Waals surface area contributed by atoms with E-state index in [-0.39, 0.29) is 29.4 Å². The number of aliphatic hydroxyl groups excluding tert-OH is 1. The molecule has 0 unspecified atom stereocenters. The second-order valence-corrected chi connectivity index (χ2v) is 10.8. The van der Waals surface area contributed by atoms with Gasteiger partial charge in [0.1, 0.15) is 35.4 Å². The van der Waals surface area contributed by atoms with E-state index in [0.29, 0.717) is 12.3 Å². The first-order valence-corrected chi connectivity index (χ1v) is 14.3. The average molecular weight is 582 g/mol. The molecule has 0 aromatic heterocycles. The Hall–Kier alpha value is -4.16. The van der Waals surface area contributed by atoms with E-state index in [4.69, 9.17) is 4.74 Å². The van der Waals surface area contributed by atoms with E-state index in [2.05, 4.69) is 26.2 Å². The van der Waals surface area contributed by atoms with Crippen LogP contribution in [0.2, 0.25) is 0 Å². The Morgan fingerprint density at radius 1 is 1.00 bits per heavy atom. The Bertz CT molecular complexity index is 1280. The summed E-state index contributed by atoms with van der Waals surface area (Å²) in [7, 11) is 0. The number of aliphatic hydroxyl groups is 1. The van der Waals surface area contributed by atoms with Crippen molar-refractivity contribution in [3.05, 3.63) is 53.6 Å². The third-order valence-electron chi connectivity index (χ3n) is 7.42. The van der Waals surface area contributed by atoms with E-state index < -0.39 is 42.0 Å². The van der Waals surface area contributed by atoms with E-state index in [1.807, 2.05) is 0 Å². The van der Waals surface area contributed by atoms with Crippen molar-refractivity contribution in [2.75, 3.05) is 26.2 Å². The minimum Gasteiger partial charge on any atom is -0.507 e. The minimum atomic E-state index is -1.43. The van der Waals surface area contributed by atoms with Gasteiger partial charge in [0.05, 0.1) is 11.7 Å². The Kier molecular flexibility index (Phi) is 10.4. The number of likely N-dealkylation sites (tertiary alicyclic amines) is 1. The highest BCUT2D eigenvalue weighted by Crippen LogP contribution is 2.28. The topological polar surface area (TPSA) is 169 Å². The number of phenolic OH excluding ortho intramolecular Hbond substituents is 1. The molecule has 4 bridgehead atoms. The van der Waals surface area contributed by atoms with E-state index in [1.54, 1.807) is 24.3 Å². The summed E-state index contributed by atoms with van der Waals surface area (Å²) in [6, 6.07) is 7.58. The zero-order chi connectivity index (χ0) is 30.2. The fourth-order valence-corrected chi connectivity index (χ4v) is 4.97. The van der Waals surface area contributed by atoms with Gasteiger partial charge in [0.25, 0.3) is 5.91 Å². The number of ether oxygens (including phenoxy) is 1. The van der Waals surface area contributed by atoms with E-state index in [0.717, 1.165) is 38.0 Å². The first-order chi connectivity index (χ1) is 20.1. The van der Waals surface area contributed by atoms with Crippen LogP contribution in [0.5, 0.6) is 17.2 Å². The molecule has 1 fully saturated rings. The van der Waals surface area contributed by atoms with Crippen LogP contribution >= 0.6 is 0 Å². The van der Waals surface area contributed by atoms with Gasteiger partial charge in [-0.15, -0.1) is 0 Å². The molecule has 12 heteroatoms. The third kappa shape index (κ3) is 8.20. The number of carbonyl (C=O) groups is 4. The van der Waals surface area contributed by atoms with Gasteiger partial charge in [0.2, 0.25) is 17.7 Å². The van der Waals surface area contributed by atoms with Crippen LogP contribution in [-0.2, 0) is 20.8 Å². The van der Waals surface area contributed by atoms with Gasteiger partial charge in [-0.05, 0) is 75.7 Å². The second kappa shape index (κ2) is 14.1. The van der Waals surface area contributed by atoms with E-state index >= 15 is 0 Å². The standard InChI is InChI=1S/C30H39N5O7/c1-18-27(38)33-24(29(40)31-12-15-35-13-4-3-5-14-35)16-20-6-8-21(9-7-20)42-22-10-11-25(37)23(17-22)28(39)34-26(19(2)36)30(41)32-18/h6-11,17-19,24,26,36-37H,3-5,12-16H2,1-2H3,(H,31,40)(H,32,41)(H,33,38)(H,34,39)/t18-,19+,24-,26-/m0/s1. The zero-order valence-corrected chi connectivity index (χ0v) is 23.9. The number of piperidine rings is 1. The first-order valence-electron chi connectivity index (χ1n) is 14.3. The van der Waals surface area contributed by atoms with Crippen LogP contribution in [0.1, 0.15) is 49.0 Å². The van der Waals surface area contributed by atoms with Gasteiger partial charge >= 0.3 is 0 Å². The number of hydrogen-bond acceptors (Lipinski definition) is 8. The van der Waals surface area contributed by atoms with Crippen LogP contribution in [0, 0.1) is 0 Å². The van der Waals surface area contributed by atoms with Crippen LogP contribution < -0.4 is 26.0 Å². The van der Waals surface area contributed by atoms with Crippen molar-refractivity contribution >= 4 is 23.6 Å². The van der Waals surface area contributed by atoms with Gasteiger partial charge in [-0.3, -0.25) is 19.2 Å². The van der Waals surface area contributed by atoms with Gasteiger partial charge in [-0.2, -0.15) is 0 Å². The molecule has 0 spiro atoms. The number of amides is 4. The highest BCUT2D eigenvalue weighted by atomic mass is 16.5. The number of nitrogens with zero attached hydrogens (tertiary/aromatic N) is 1. The second-order valence-electron chi connectivity index (χ2n) is 10.8. The fraction of sp³-hybridized carbons (Fsp3) is 0.467. The molecule has 42 heavy (non-hydrogen) atoms. The monoisotopic (exact) mass is 581 g/mol. The molecular formula is C30H39N5O7. The number of fused-ring (bicyclic) bond motifs is 11. The highest BCUT2D eigenvalue weighted by molar-refractivity contribution is 6.00. The molecule has 3 aliphatic heterocycles. The summed E-state index contributed by atoms with van der Waals surface area (Å²) in [6.45, 7) is 5.92. The van der Waals surface area contributed by atoms with Crippen molar-refractivity contribution in [2.24, 2.45) is 0 Å². The van der Waals surface area contributed by atoms with Gasteiger partial charge < -0.3 is 41.1 Å². The largest absolute Gasteiger partial charge is 0.507 e. The molecule has 5 rings (SSSR count). The van der Waals surface area contributed by atoms with E-state index in [1.165, 1.54) is 38.5 Å². The molecule has 3 aliphatic rings. The normalized spacial score (nSPS) is 22.9. The Labute approximate surface area is 244 Å². The van der Waals surface area contributed by atoms with Crippen molar-refractivity contribution in [1.29, 1.82) is 0 Å². The molecular weight excluding hydrogens is 542 g/mol. The van der Waals surface area contributed by atoms with Crippen LogP contribution in [0.15, 0.2) is 42.5 Å². The molecule has 3 heterocycles. The first kappa shape index (κ1) is 30.8. The fourth-order valence-electron chi connectivity index (χ4n) is 4.97. The van der Waals surface area contributed by atoms with Crippen LogP contribution in [0.25, 0.3) is 0 Å². The molecule has 0 aliphatic carbocycles. The van der Waals surface area contributed by atoms with Crippen molar-refractivity contribution in [3.63, 3.8) is 0 Å². The Morgan fingerprint density at radius 2 is 1.69 bits per heavy atom. The number of phenols is 1. The maximum absolute atomic E-state index is 13.2. The number of rotatable bonds is 5. The number of aromatic hydroxyl groups is 1. The van der Waals surface area contributed by atoms with Crippen LogP contribution in [-0.4, -0.2) is 89.2 Å². The maximum Gasteiger partial charge on any atom is 0.255 e. The number of hydrogen-bond donors (Lipinski definition) is 6. The van der Waals surface area contributed by atoms with Crippen molar-refractivity contribution in [2.45, 2.75) is 63.8 Å². The number of carbonyl (C=O) groups excluding carboxylic acids is 4. The zero-order valence-electron chi connectivity index (χ0n) is 23.9. The summed E-state index contributed by atoms with van der Waals surface area (Å²) < 4.78 is 5.86. The molecule has 0 saturated carbocycles. The lowest BCUT2D eigenvalue weighted by Gasteiger charge is -2.27. The lowest BCUT2D eigenvalue weighted by Crippen LogP contribution is -2.58. The minimum absolute atomic E-state index is 0.163. The summed E-state index contributed by atoms with van der Waals surface area (Å²) in [6.07, 6.45) is 2.37. The average Bonchev–Trinajstić information content (AvgIpc) is 2.97. The SMILES string of the molecule is C[C@@H]1NC(=O)[C@H]([C@@H](C)O)NC(=O)c2cc(ccc2O)Oc2ccc(cc2)C[C@@H](C(=O)NCCN2CCCCC2)NC1=O. The lowest BCUT2D eigenvalue weighted by atomic mass is 10.0. The summed E-state index contributed by atoms with van der Waals surface area (Å²) in [5.41, 5.74) is 0.597. The quantitative estimate of drug-likeness (QED) is 0.282. The third-order valence-corrected chi connectivity index (χ3v) is 7.42. The molecule has 4 atom stereocenters. The predicted molar refractivity (Wildman–Crippen MR) is 154 cm³/mol. The van der Waals surface area contributed by atoms with Crippen molar-refractivity contribution < 1.29 is 34.1 Å². The van der Waals surface area contributed by atoms with Gasteiger partial charge in [0.15, 0.2) is 0 Å². The molecule has 6 N–H and O–H groups in total. The van der Waals surface area contributed by atoms with Gasteiger partial charge in [-0.1, -0.05) is 18.6 Å². The number of benzene rings is 2. The summed E-state index contributed by atoms with van der Waals surface area (Å²) in [5.74, 6) is -2.24. The van der Waals surface area contributed by atoms with Crippen LogP contribution in [0.3, 0.4) is 0 Å². The molecule has 226 valence electrons. The van der Waals surface area contributed by atoms with Crippen LogP contribution in [0.4, 0.5) is 0 Å². The van der Waals surface area contributed by atoms with Crippen molar-refractivity contribution in [1.82, 2.24) is 26.2 Å². The predicted octanol–water partition coefficient (Wildman–Crippen LogP) is 0.811. The highest BCUT2D eigenvalue weighted by Gasteiger charge is 2.31. The van der Waals surface area contributed by atoms with Gasteiger partial charge in [0, 0.05) is 19.5 Å². The Balaban J connectivity index is 1.57.